The second kappa shape index (κ2) is 8.43. The Morgan fingerprint density at radius 3 is 2.13 bits per heavy atom. The fourth-order valence-electron chi connectivity index (χ4n) is 4.64. The molecule has 2 heterocycles. The fraction of sp³-hybridized carbons (Fsp3) is 0.391. The zero-order valence-corrected chi connectivity index (χ0v) is 18.0. The van der Waals surface area contributed by atoms with E-state index >= 15 is 0 Å². The topological polar surface area (TPSA) is 95.0 Å². The van der Waals surface area contributed by atoms with Gasteiger partial charge in [0.05, 0.1) is 17.3 Å². The van der Waals surface area contributed by atoms with Crippen LogP contribution in [0.2, 0.25) is 0 Å². The number of sulfone groups is 1. The smallest absolute Gasteiger partial charge is 0.253 e. The van der Waals surface area contributed by atoms with Crippen LogP contribution >= 0.6 is 0 Å². The van der Waals surface area contributed by atoms with E-state index in [1.165, 1.54) is 12.1 Å². The molecule has 1 N–H and O–H groups in total. The Hall–Kier alpha value is -2.71. The molecule has 8 heteroatoms. The largest absolute Gasteiger partial charge is 0.396 e. The molecule has 2 aromatic rings. The van der Waals surface area contributed by atoms with E-state index in [4.69, 9.17) is 0 Å². The molecule has 0 bridgehead atoms. The summed E-state index contributed by atoms with van der Waals surface area (Å²) in [5.41, 5.74) is 0.0490. The number of amides is 2. The molecule has 4 rings (SSSR count). The van der Waals surface area contributed by atoms with Crippen molar-refractivity contribution in [2.24, 2.45) is 11.3 Å². The summed E-state index contributed by atoms with van der Waals surface area (Å²) in [6.07, 6.45) is -0.0991. The van der Waals surface area contributed by atoms with E-state index in [1.807, 2.05) is 18.2 Å². The molecular weight excluding hydrogens is 416 g/mol. The third kappa shape index (κ3) is 4.22. The predicted molar refractivity (Wildman–Crippen MR) is 115 cm³/mol. The first kappa shape index (κ1) is 21.5. The molecular formula is C23H26N2O5S. The predicted octanol–water partition coefficient (Wildman–Crippen LogP) is 1.44. The summed E-state index contributed by atoms with van der Waals surface area (Å²) in [5.74, 6) is -0.584. The second-order valence-corrected chi connectivity index (χ2v) is 10.5. The van der Waals surface area contributed by atoms with E-state index in [9.17, 15) is 23.1 Å². The minimum absolute atomic E-state index is 0.0279. The van der Waals surface area contributed by atoms with Gasteiger partial charge in [-0.2, -0.15) is 0 Å². The first-order valence-corrected chi connectivity index (χ1v) is 12.0. The standard InChI is InChI=1S/C23H26N2O5S/c26-17-23-15-24(21(27)11-12-31(29,30)20-9-5-2-6-10-20)13-19(23)14-25(16-23)22(28)18-7-3-1-4-8-18/h1-10,19,26H,11-17H2/t19-,23+/m0/s1. The summed E-state index contributed by atoms with van der Waals surface area (Å²) < 4.78 is 24.9. The maximum atomic E-state index is 12.8. The third-order valence-corrected chi connectivity index (χ3v) is 8.15. The van der Waals surface area contributed by atoms with E-state index < -0.39 is 15.3 Å². The van der Waals surface area contributed by atoms with Gasteiger partial charge in [0.25, 0.3) is 5.91 Å². The molecule has 31 heavy (non-hydrogen) atoms. The quantitative estimate of drug-likeness (QED) is 0.731. The monoisotopic (exact) mass is 442 g/mol. The van der Waals surface area contributed by atoms with Crippen LogP contribution in [0.15, 0.2) is 65.6 Å². The van der Waals surface area contributed by atoms with Crippen LogP contribution < -0.4 is 0 Å². The Morgan fingerprint density at radius 1 is 0.935 bits per heavy atom. The van der Waals surface area contributed by atoms with Gasteiger partial charge in [0.2, 0.25) is 5.91 Å². The van der Waals surface area contributed by atoms with Crippen molar-refractivity contribution >= 4 is 21.7 Å². The summed E-state index contributed by atoms with van der Waals surface area (Å²) in [6, 6.07) is 17.1. The number of aliphatic hydroxyl groups excluding tert-OH is 1. The molecule has 2 amide bonds. The number of carbonyl (C=O) groups is 2. The van der Waals surface area contributed by atoms with Gasteiger partial charge in [-0.1, -0.05) is 36.4 Å². The van der Waals surface area contributed by atoms with Gasteiger partial charge in [0.1, 0.15) is 0 Å². The normalized spacial score (nSPS) is 23.1. The molecule has 0 unspecified atom stereocenters. The molecule has 0 spiro atoms. The van der Waals surface area contributed by atoms with E-state index in [-0.39, 0.29) is 41.4 Å². The lowest BCUT2D eigenvalue weighted by Gasteiger charge is -2.27. The molecule has 2 aliphatic rings. The van der Waals surface area contributed by atoms with E-state index in [0.717, 1.165) is 0 Å². The van der Waals surface area contributed by atoms with Crippen LogP contribution in [0.1, 0.15) is 16.8 Å². The average Bonchev–Trinajstić information content (AvgIpc) is 3.33. The number of likely N-dealkylation sites (tertiary alicyclic amines) is 2. The number of hydrogen-bond donors (Lipinski definition) is 1. The number of carbonyl (C=O) groups excluding carboxylic acids is 2. The lowest BCUT2D eigenvalue weighted by atomic mass is 9.82. The molecule has 7 nitrogen and oxygen atoms in total. The Morgan fingerprint density at radius 2 is 1.52 bits per heavy atom. The van der Waals surface area contributed by atoms with Crippen molar-refractivity contribution in [3.63, 3.8) is 0 Å². The van der Waals surface area contributed by atoms with Crippen LogP contribution in [-0.4, -0.2) is 73.7 Å². The molecule has 0 radical (unpaired) electrons. The van der Waals surface area contributed by atoms with Gasteiger partial charge in [-0.15, -0.1) is 0 Å². The first-order chi connectivity index (χ1) is 14.8. The molecule has 2 saturated heterocycles. The summed E-state index contributed by atoms with van der Waals surface area (Å²) in [5, 5.41) is 10.1. The Kier molecular flexibility index (Phi) is 5.85. The van der Waals surface area contributed by atoms with Gasteiger partial charge in [0, 0.05) is 49.5 Å². The molecule has 2 aliphatic heterocycles. The zero-order valence-electron chi connectivity index (χ0n) is 17.2. The number of hydrogen-bond acceptors (Lipinski definition) is 5. The number of aliphatic hydroxyl groups is 1. The lowest BCUT2D eigenvalue weighted by Crippen LogP contribution is -2.40. The van der Waals surface area contributed by atoms with Crippen molar-refractivity contribution in [1.29, 1.82) is 0 Å². The van der Waals surface area contributed by atoms with Crippen LogP contribution in [0, 0.1) is 11.3 Å². The lowest BCUT2D eigenvalue weighted by molar-refractivity contribution is -0.130. The molecule has 0 saturated carbocycles. The minimum Gasteiger partial charge on any atom is -0.396 e. The molecule has 2 aromatic carbocycles. The number of benzene rings is 2. The van der Waals surface area contributed by atoms with Crippen LogP contribution in [-0.2, 0) is 14.6 Å². The van der Waals surface area contributed by atoms with Crippen LogP contribution in [0.4, 0.5) is 0 Å². The van der Waals surface area contributed by atoms with Crippen LogP contribution in [0.25, 0.3) is 0 Å². The molecule has 0 aromatic heterocycles. The molecule has 2 fully saturated rings. The number of fused-ring (bicyclic) bond motifs is 1. The summed E-state index contributed by atoms with van der Waals surface area (Å²) in [6.45, 7) is 1.48. The Bertz CT molecular complexity index is 1060. The van der Waals surface area contributed by atoms with Crippen LogP contribution in [0.3, 0.4) is 0 Å². The number of nitrogens with zero attached hydrogens (tertiary/aromatic N) is 2. The zero-order chi connectivity index (χ0) is 22.1. The maximum Gasteiger partial charge on any atom is 0.253 e. The van der Waals surface area contributed by atoms with E-state index in [0.29, 0.717) is 31.7 Å². The van der Waals surface area contributed by atoms with Crippen molar-refractivity contribution in [1.82, 2.24) is 9.80 Å². The molecule has 164 valence electrons. The molecule has 0 aliphatic carbocycles. The van der Waals surface area contributed by atoms with E-state index in [1.54, 1.807) is 40.1 Å². The highest BCUT2D eigenvalue weighted by Gasteiger charge is 2.54. The average molecular weight is 443 g/mol. The second-order valence-electron chi connectivity index (χ2n) is 8.43. The van der Waals surface area contributed by atoms with Gasteiger partial charge < -0.3 is 14.9 Å². The van der Waals surface area contributed by atoms with Crippen molar-refractivity contribution in [3.05, 3.63) is 66.2 Å². The fourth-order valence-corrected chi connectivity index (χ4v) is 5.89. The van der Waals surface area contributed by atoms with E-state index in [2.05, 4.69) is 0 Å². The molecule has 2 atom stereocenters. The van der Waals surface area contributed by atoms with Gasteiger partial charge in [-0.3, -0.25) is 9.59 Å². The highest BCUT2D eigenvalue weighted by molar-refractivity contribution is 7.91. The van der Waals surface area contributed by atoms with Gasteiger partial charge in [0.15, 0.2) is 9.84 Å². The van der Waals surface area contributed by atoms with Crippen LogP contribution in [0.5, 0.6) is 0 Å². The Labute approximate surface area is 182 Å². The van der Waals surface area contributed by atoms with Gasteiger partial charge in [-0.25, -0.2) is 8.42 Å². The SMILES string of the molecule is O=C(CCS(=O)(=O)c1ccccc1)N1C[C@H]2CN(C(=O)c3ccccc3)C[C@@]2(CO)C1. The highest BCUT2D eigenvalue weighted by Crippen LogP contribution is 2.42. The maximum absolute atomic E-state index is 12.8. The first-order valence-electron chi connectivity index (χ1n) is 10.4. The highest BCUT2D eigenvalue weighted by atomic mass is 32.2. The van der Waals surface area contributed by atoms with Gasteiger partial charge >= 0.3 is 0 Å². The summed E-state index contributed by atoms with van der Waals surface area (Å²) >= 11 is 0. The minimum atomic E-state index is -3.52. The van der Waals surface area contributed by atoms with Crippen molar-refractivity contribution < 1.29 is 23.1 Å². The van der Waals surface area contributed by atoms with Crippen molar-refractivity contribution in [2.75, 3.05) is 38.5 Å². The third-order valence-electron chi connectivity index (χ3n) is 6.42. The number of rotatable bonds is 6. The van der Waals surface area contributed by atoms with Crippen molar-refractivity contribution in [2.45, 2.75) is 11.3 Å². The van der Waals surface area contributed by atoms with Gasteiger partial charge in [-0.05, 0) is 24.3 Å². The summed E-state index contributed by atoms with van der Waals surface area (Å²) in [7, 11) is -3.52. The Balaban J connectivity index is 1.38. The van der Waals surface area contributed by atoms with Crippen molar-refractivity contribution in [3.8, 4) is 0 Å². The summed E-state index contributed by atoms with van der Waals surface area (Å²) in [4.78, 5) is 29.1.